The van der Waals surface area contributed by atoms with Gasteiger partial charge in [0.2, 0.25) is 0 Å². The number of fused-ring (bicyclic) bond motifs is 3. The van der Waals surface area contributed by atoms with E-state index in [9.17, 15) is 30.2 Å². The quantitative estimate of drug-likeness (QED) is 0.129. The van der Waals surface area contributed by atoms with E-state index in [2.05, 4.69) is 99.5 Å². The lowest BCUT2D eigenvalue weighted by molar-refractivity contribution is -0.138. The number of carbonyl (C=O) groups is 3. The molecule has 516 valence electrons. The molecular weight excluding hydrogens is 1320 g/mol. The van der Waals surface area contributed by atoms with Crippen molar-refractivity contribution in [2.24, 2.45) is 32.0 Å². The molecule has 3 spiro atoms. The van der Waals surface area contributed by atoms with Gasteiger partial charge in [-0.15, -0.1) is 19.3 Å². The fourth-order valence-electron chi connectivity index (χ4n) is 15.6. The fourth-order valence-corrected chi connectivity index (χ4v) is 15.6. The zero-order valence-corrected chi connectivity index (χ0v) is 57.7. The summed E-state index contributed by atoms with van der Waals surface area (Å²) in [6.07, 6.45) is 47.1. The number of piperazine rings is 1. The maximum absolute atomic E-state index is 12.2. The Morgan fingerprint density at radius 3 is 1.15 bits per heavy atom. The molecule has 0 radical (unpaired) electrons. The number of rotatable bonds is 9. The van der Waals surface area contributed by atoms with Gasteiger partial charge in [0.05, 0.1) is 76.0 Å². The van der Waals surface area contributed by atoms with E-state index >= 15 is 0 Å². The molecule has 1 unspecified atom stereocenters. The van der Waals surface area contributed by atoms with E-state index < -0.39 is 0 Å². The minimum absolute atomic E-state index is 0.0797. The summed E-state index contributed by atoms with van der Waals surface area (Å²) in [5.74, 6) is 8.68. The summed E-state index contributed by atoms with van der Waals surface area (Å²) >= 11 is 0. The zero-order chi connectivity index (χ0) is 72.5. The third-order valence-corrected chi connectivity index (χ3v) is 21.1. The van der Waals surface area contributed by atoms with E-state index in [0.717, 1.165) is 166 Å². The van der Waals surface area contributed by atoms with Crippen LogP contribution in [0.15, 0.2) is 148 Å². The first-order valence-electron chi connectivity index (χ1n) is 34.1. The van der Waals surface area contributed by atoms with Gasteiger partial charge in [0.25, 0.3) is 17.7 Å². The largest absolute Gasteiger partial charge is 0.356 e. The minimum Gasteiger partial charge on any atom is -0.356 e. The number of hydrogen-bond donors (Lipinski definition) is 0. The van der Waals surface area contributed by atoms with E-state index in [1.807, 2.05) is 124 Å². The average molecular weight is 1390 g/mol. The molecule has 0 aromatic carbocycles. The molecule has 1 saturated carbocycles. The highest BCUT2D eigenvalue weighted by molar-refractivity contribution is 5.95. The van der Waals surface area contributed by atoms with E-state index in [1.165, 1.54) is 0 Å². The van der Waals surface area contributed by atoms with Crippen molar-refractivity contribution in [1.29, 1.82) is 15.8 Å². The van der Waals surface area contributed by atoms with Crippen LogP contribution in [0.4, 0.5) is 17.5 Å². The third kappa shape index (κ3) is 12.0. The molecule has 1 atom stereocenters. The van der Waals surface area contributed by atoms with Crippen LogP contribution >= 0.6 is 0 Å². The molecule has 17 heterocycles. The molecule has 0 N–H and O–H groups in total. The number of aromatic nitrogens is 15. The lowest BCUT2D eigenvalue weighted by atomic mass is 9.73. The van der Waals surface area contributed by atoms with Crippen LogP contribution in [0, 0.1) is 81.9 Å². The van der Waals surface area contributed by atoms with Crippen molar-refractivity contribution in [3.8, 4) is 122 Å². The first-order chi connectivity index (χ1) is 51.0. The number of aryl methyl sites for hydroxylation is 3. The predicted molar refractivity (Wildman–Crippen MR) is 390 cm³/mol. The van der Waals surface area contributed by atoms with Crippen molar-refractivity contribution >= 4 is 51.7 Å². The average Bonchev–Trinajstić information content (AvgIpc) is 1.66. The van der Waals surface area contributed by atoms with Gasteiger partial charge < -0.3 is 29.4 Å². The topological polar surface area (TPSA) is 286 Å². The molecular formula is C78H66N24O3. The van der Waals surface area contributed by atoms with E-state index in [0.29, 0.717) is 49.4 Å². The Balaban J connectivity index is 0.000000121. The first-order valence-corrected chi connectivity index (χ1v) is 34.1. The lowest BCUT2D eigenvalue weighted by Crippen LogP contribution is -2.73. The number of likely N-dealkylation sites (tertiary alicyclic amines) is 2. The molecule has 12 aromatic heterocycles. The third-order valence-electron chi connectivity index (χ3n) is 21.1. The molecule has 6 aliphatic rings. The Morgan fingerprint density at radius 2 is 0.771 bits per heavy atom. The van der Waals surface area contributed by atoms with Gasteiger partial charge in [-0.1, -0.05) is 0 Å². The molecule has 105 heavy (non-hydrogen) atoms. The smallest absolute Gasteiger partial charge is 0.298 e. The van der Waals surface area contributed by atoms with Gasteiger partial charge in [-0.05, 0) is 98.0 Å². The van der Waals surface area contributed by atoms with Crippen LogP contribution in [-0.2, 0) is 35.5 Å². The van der Waals surface area contributed by atoms with Crippen LogP contribution in [0.3, 0.4) is 0 Å². The molecule has 27 heteroatoms. The van der Waals surface area contributed by atoms with E-state index in [1.54, 1.807) is 68.4 Å². The highest BCUT2D eigenvalue weighted by atomic mass is 16.2. The second-order valence-electron chi connectivity index (χ2n) is 27.9. The predicted octanol–water partition coefficient (Wildman–Crippen LogP) is 7.16. The summed E-state index contributed by atoms with van der Waals surface area (Å²) in [4.78, 5) is 62.1. The Labute approximate surface area is 603 Å². The van der Waals surface area contributed by atoms with Gasteiger partial charge in [-0.3, -0.25) is 28.4 Å². The summed E-state index contributed by atoms with van der Waals surface area (Å²) in [6, 6.07) is 25.0. The molecule has 1 aliphatic carbocycles. The maximum Gasteiger partial charge on any atom is 0.298 e. The van der Waals surface area contributed by atoms with Gasteiger partial charge in [0.1, 0.15) is 35.7 Å². The van der Waals surface area contributed by atoms with Gasteiger partial charge in [0.15, 0.2) is 0 Å². The number of nitriles is 3. The molecule has 5 saturated heterocycles. The molecule has 3 amide bonds. The van der Waals surface area contributed by atoms with Crippen LogP contribution < -0.4 is 14.7 Å². The number of nitrogens with zero attached hydrogens (tertiary/aromatic N) is 24. The van der Waals surface area contributed by atoms with E-state index in [4.69, 9.17) is 34.2 Å². The SMILES string of the molecule is C#CC(=O)N1CC2(C1)CN(c1ccc(-c3cc(-c4cnn(C)c4)cn4ncc(C#N)c34)cn1)C2.C#CC(=O)N1CCC2(CCN(c3ccc(-c4cc(-c5cnn(C)c5)cn5ncc(C#N)c45)cn3)C2)C1.C#CC(=O)N1CCN(c2ccc(-c3cc(-c4cnn(C)c4)cn4ncc(C#N)c34)cn2)CC12CC2. The number of hydrogen-bond acceptors (Lipinski definition) is 18. The Kier molecular flexibility index (Phi) is 16.2. The molecule has 12 aromatic rings. The second kappa shape index (κ2) is 25.9. The normalized spacial score (nSPS) is 17.2. The highest BCUT2D eigenvalue weighted by Gasteiger charge is 2.54. The molecule has 5 aliphatic heterocycles. The summed E-state index contributed by atoms with van der Waals surface area (Å²) in [6.45, 7) is 8.33. The number of carbonyl (C=O) groups excluding carboxylic acids is 3. The fraction of sp³-hybridized carbons (Fsp3) is 0.269. The number of pyridine rings is 6. The van der Waals surface area contributed by atoms with Crippen LogP contribution in [0.1, 0.15) is 42.4 Å². The monoisotopic (exact) mass is 1390 g/mol. The molecule has 18 rings (SSSR count). The Hall–Kier alpha value is -13.9. The maximum atomic E-state index is 12.2. The summed E-state index contributed by atoms with van der Waals surface area (Å²) in [5.41, 5.74) is 14.9. The van der Waals surface area contributed by atoms with Crippen LogP contribution in [-0.4, -0.2) is 183 Å². The number of anilines is 3. The van der Waals surface area contributed by atoms with Crippen LogP contribution in [0.25, 0.3) is 83.3 Å². The van der Waals surface area contributed by atoms with Crippen molar-refractivity contribution in [1.82, 2.24) is 87.8 Å². The van der Waals surface area contributed by atoms with Crippen molar-refractivity contribution in [2.45, 2.75) is 31.2 Å². The second-order valence-corrected chi connectivity index (χ2v) is 27.9. The van der Waals surface area contributed by atoms with Gasteiger partial charge in [-0.25, -0.2) is 28.5 Å². The van der Waals surface area contributed by atoms with Gasteiger partial charge >= 0.3 is 0 Å². The lowest BCUT2D eigenvalue weighted by Gasteiger charge is -2.60. The number of terminal acetylenes is 3. The summed E-state index contributed by atoms with van der Waals surface area (Å²) in [7, 11) is 5.63. The Morgan fingerprint density at radius 1 is 0.381 bits per heavy atom. The van der Waals surface area contributed by atoms with Crippen LogP contribution in [0.2, 0.25) is 0 Å². The molecule has 27 nitrogen and oxygen atoms in total. The van der Waals surface area contributed by atoms with Gasteiger partial charge in [0, 0.05) is 226 Å². The Bertz CT molecular complexity index is 5750. The standard InChI is InChI=1S/C27H24N8O.C26H22N8O.C25H20N8O/c1-3-25(36)34-9-7-27(18-34)6-8-33(17-27)24-5-4-19(12-29-24)23-10-20(22-14-30-32(2)15-22)16-35-26(23)21(11-28)13-31-35;1-3-24(35)33-9-8-32(17-26(33)6-7-26)23-5-4-18(12-28-23)22-10-19(21-14-29-31(2)15-21)16-34-25(22)20(11-27)13-30-34;1-3-23(34)32-15-25(16-32)13-31(14-25)22-5-4-17(8-27-22)21-6-18(20-10-28-30(2)11-20)12-33-24(21)19(7-26)9-29-33/h1,4-5,10,12-16H,6-9,17-18H2,2H3;1,4-5,10,12-16H,6-9,17H2,2H3;1,4-6,8-12H,13-16H2,2H3. The van der Waals surface area contributed by atoms with Crippen molar-refractivity contribution in [3.63, 3.8) is 0 Å². The van der Waals surface area contributed by atoms with Crippen LogP contribution in [0.5, 0.6) is 0 Å². The molecule has 0 bridgehead atoms. The van der Waals surface area contributed by atoms with E-state index in [-0.39, 0.29) is 34.1 Å². The van der Waals surface area contributed by atoms with Gasteiger partial charge in [-0.2, -0.15) is 46.4 Å². The highest BCUT2D eigenvalue weighted by Crippen LogP contribution is 2.47. The zero-order valence-electron chi connectivity index (χ0n) is 57.7. The first kappa shape index (κ1) is 65.7. The number of amides is 3. The van der Waals surface area contributed by atoms with Crippen molar-refractivity contribution < 1.29 is 14.4 Å². The summed E-state index contributed by atoms with van der Waals surface area (Å²) < 4.78 is 10.5. The van der Waals surface area contributed by atoms with Crippen molar-refractivity contribution in [2.75, 3.05) is 86.7 Å². The summed E-state index contributed by atoms with van der Waals surface area (Å²) in [5, 5.41) is 55.0. The molecule has 6 fully saturated rings. The van der Waals surface area contributed by atoms with Crippen molar-refractivity contribution in [3.05, 3.63) is 164 Å². The minimum atomic E-state index is -0.233.